The van der Waals surface area contributed by atoms with Gasteiger partial charge >= 0.3 is 0 Å². The average molecular weight is 420 g/mol. The van der Waals surface area contributed by atoms with E-state index in [1.54, 1.807) is 25.2 Å². The summed E-state index contributed by atoms with van der Waals surface area (Å²) in [7, 11) is -1.90. The topological polar surface area (TPSA) is 106 Å². The van der Waals surface area contributed by atoms with Gasteiger partial charge in [0.2, 0.25) is 10.0 Å². The van der Waals surface area contributed by atoms with Crippen LogP contribution in [0.2, 0.25) is 5.02 Å². The third-order valence-electron chi connectivity index (χ3n) is 4.53. The summed E-state index contributed by atoms with van der Waals surface area (Å²) < 4.78 is 27.6. The third kappa shape index (κ3) is 3.55. The van der Waals surface area contributed by atoms with Gasteiger partial charge in [0.15, 0.2) is 5.82 Å². The first kappa shape index (κ1) is 18.7. The second-order valence-corrected chi connectivity index (χ2v) is 8.96. The van der Waals surface area contributed by atoms with Crippen molar-refractivity contribution in [2.75, 3.05) is 18.0 Å². The highest BCUT2D eigenvalue weighted by Crippen LogP contribution is 2.45. The number of nitrogens with zero attached hydrogens (tertiary/aromatic N) is 3. The van der Waals surface area contributed by atoms with Crippen LogP contribution in [0.4, 0.5) is 5.69 Å². The van der Waals surface area contributed by atoms with E-state index in [0.717, 1.165) is 24.7 Å². The fourth-order valence-electron chi connectivity index (χ4n) is 3.17. The minimum absolute atomic E-state index is 0.267. The Kier molecular flexibility index (Phi) is 4.51. The number of carbonyl (C=O) groups excluding carboxylic acids is 1. The number of rotatable bonds is 5. The quantitative estimate of drug-likeness (QED) is 0.661. The van der Waals surface area contributed by atoms with Crippen LogP contribution >= 0.6 is 11.6 Å². The molecule has 2 heterocycles. The molecule has 0 radical (unpaired) electrons. The fourth-order valence-corrected chi connectivity index (χ4v) is 3.85. The highest BCUT2D eigenvalue weighted by Gasteiger charge is 2.29. The van der Waals surface area contributed by atoms with Crippen LogP contribution in [0.5, 0.6) is 0 Å². The third-order valence-corrected chi connectivity index (χ3v) is 5.34. The Balaban J connectivity index is 1.97. The number of hydrogen-bond donors (Lipinski definition) is 2. The van der Waals surface area contributed by atoms with Gasteiger partial charge in [-0.2, -0.15) is 5.10 Å². The molecule has 2 aromatic heterocycles. The number of pyridine rings is 1. The van der Waals surface area contributed by atoms with Gasteiger partial charge < -0.3 is 5.32 Å². The van der Waals surface area contributed by atoms with E-state index in [-0.39, 0.29) is 11.8 Å². The summed E-state index contributed by atoms with van der Waals surface area (Å²) in [6.45, 7) is 0. The van der Waals surface area contributed by atoms with Crippen LogP contribution in [0, 0.1) is 0 Å². The second kappa shape index (κ2) is 6.75. The zero-order chi connectivity index (χ0) is 20.1. The molecule has 0 bridgehead atoms. The number of aromatic nitrogens is 3. The molecule has 0 aliphatic heterocycles. The van der Waals surface area contributed by atoms with E-state index >= 15 is 0 Å². The molecule has 1 amide bonds. The molecule has 8 nitrogen and oxygen atoms in total. The molecule has 4 rings (SSSR count). The average Bonchev–Trinajstić information content (AvgIpc) is 3.41. The standard InChI is InChI=1S/C18H18ClN5O3S/c1-20-18(25)17-13-7-12(10-3-4-10)15(23-28(2,26)27)8-14(13)22-24(17)16-6-5-11(19)9-21-16/h5-10,23H,3-4H2,1-2H3,(H,20,25). The summed E-state index contributed by atoms with van der Waals surface area (Å²) >= 11 is 5.92. The molecule has 3 aromatic rings. The van der Waals surface area contributed by atoms with E-state index < -0.39 is 10.0 Å². The molecular weight excluding hydrogens is 402 g/mol. The Labute approximate surface area is 167 Å². The van der Waals surface area contributed by atoms with Gasteiger partial charge in [-0.3, -0.25) is 9.52 Å². The van der Waals surface area contributed by atoms with Gasteiger partial charge in [0.1, 0.15) is 5.69 Å². The molecule has 0 saturated heterocycles. The maximum atomic E-state index is 12.6. The fraction of sp³-hybridized carbons (Fsp3) is 0.278. The summed E-state index contributed by atoms with van der Waals surface area (Å²) in [4.78, 5) is 16.9. The molecule has 1 fully saturated rings. The van der Waals surface area contributed by atoms with Crippen LogP contribution in [-0.4, -0.2) is 42.4 Å². The summed E-state index contributed by atoms with van der Waals surface area (Å²) in [5, 5.41) is 8.25. The molecule has 146 valence electrons. The van der Waals surface area contributed by atoms with Gasteiger partial charge in [-0.1, -0.05) is 11.6 Å². The molecule has 2 N–H and O–H groups in total. The van der Waals surface area contributed by atoms with Gasteiger partial charge in [0.25, 0.3) is 5.91 Å². The predicted octanol–water partition coefficient (Wildman–Crippen LogP) is 2.68. The minimum atomic E-state index is -3.45. The van der Waals surface area contributed by atoms with Crippen LogP contribution in [0.15, 0.2) is 30.5 Å². The normalized spacial score (nSPS) is 14.2. The number of sulfonamides is 1. The van der Waals surface area contributed by atoms with Crippen molar-refractivity contribution >= 4 is 44.1 Å². The van der Waals surface area contributed by atoms with E-state index in [4.69, 9.17) is 11.6 Å². The second-order valence-electron chi connectivity index (χ2n) is 6.78. The zero-order valence-electron chi connectivity index (χ0n) is 15.2. The molecule has 1 aliphatic carbocycles. The maximum Gasteiger partial charge on any atom is 0.270 e. The molecule has 0 atom stereocenters. The molecule has 1 aliphatic rings. The molecule has 0 spiro atoms. The predicted molar refractivity (Wildman–Crippen MR) is 108 cm³/mol. The van der Waals surface area contributed by atoms with Crippen molar-refractivity contribution in [2.45, 2.75) is 18.8 Å². The number of anilines is 1. The number of benzene rings is 1. The van der Waals surface area contributed by atoms with Crippen molar-refractivity contribution in [1.82, 2.24) is 20.1 Å². The van der Waals surface area contributed by atoms with E-state index in [0.29, 0.717) is 33.1 Å². The van der Waals surface area contributed by atoms with Gasteiger partial charge in [-0.15, -0.1) is 0 Å². The lowest BCUT2D eigenvalue weighted by atomic mass is 10.0. The molecule has 0 unspecified atom stereocenters. The lowest BCUT2D eigenvalue weighted by molar-refractivity contribution is 0.0957. The number of nitrogens with one attached hydrogen (secondary N) is 2. The van der Waals surface area contributed by atoms with Crippen molar-refractivity contribution < 1.29 is 13.2 Å². The number of hydrogen-bond acceptors (Lipinski definition) is 5. The molecule has 10 heteroatoms. The summed E-state index contributed by atoms with van der Waals surface area (Å²) in [5.41, 5.74) is 2.19. The monoisotopic (exact) mass is 419 g/mol. The van der Waals surface area contributed by atoms with Crippen molar-refractivity contribution in [2.24, 2.45) is 0 Å². The Morgan fingerprint density at radius 2 is 2.04 bits per heavy atom. The minimum Gasteiger partial charge on any atom is -0.354 e. The number of fused-ring (bicyclic) bond motifs is 1. The maximum absolute atomic E-state index is 12.6. The first-order valence-corrected chi connectivity index (χ1v) is 10.9. The zero-order valence-corrected chi connectivity index (χ0v) is 16.8. The smallest absolute Gasteiger partial charge is 0.270 e. The Morgan fingerprint density at radius 1 is 1.29 bits per heavy atom. The largest absolute Gasteiger partial charge is 0.354 e. The van der Waals surface area contributed by atoms with E-state index in [1.807, 2.05) is 6.07 Å². The van der Waals surface area contributed by atoms with Gasteiger partial charge in [-0.05, 0) is 48.6 Å². The first-order valence-electron chi connectivity index (χ1n) is 8.65. The number of halogens is 1. The number of carbonyl (C=O) groups is 1. The van der Waals surface area contributed by atoms with Crippen LogP contribution in [0.1, 0.15) is 34.8 Å². The SMILES string of the molecule is CNC(=O)c1c2cc(C3CC3)c(NS(C)(=O)=O)cc2nn1-c1ccc(Cl)cn1. The van der Waals surface area contributed by atoms with Gasteiger partial charge in [0, 0.05) is 18.6 Å². The summed E-state index contributed by atoms with van der Waals surface area (Å²) in [5.74, 6) is 0.387. The van der Waals surface area contributed by atoms with E-state index in [2.05, 4.69) is 20.1 Å². The Hall–Kier alpha value is -2.65. The van der Waals surface area contributed by atoms with Crippen molar-refractivity contribution in [1.29, 1.82) is 0 Å². The first-order chi connectivity index (χ1) is 13.3. The summed E-state index contributed by atoms with van der Waals surface area (Å²) in [6.07, 6.45) is 4.54. The van der Waals surface area contributed by atoms with Crippen molar-refractivity contribution in [3.8, 4) is 5.82 Å². The van der Waals surface area contributed by atoms with Crippen molar-refractivity contribution in [3.63, 3.8) is 0 Å². The summed E-state index contributed by atoms with van der Waals surface area (Å²) in [6, 6.07) is 6.85. The highest BCUT2D eigenvalue weighted by molar-refractivity contribution is 7.92. The van der Waals surface area contributed by atoms with Crippen LogP contribution in [0.25, 0.3) is 16.7 Å². The Morgan fingerprint density at radius 3 is 2.61 bits per heavy atom. The van der Waals surface area contributed by atoms with Crippen molar-refractivity contribution in [3.05, 3.63) is 46.7 Å². The lowest BCUT2D eigenvalue weighted by Gasteiger charge is -2.10. The van der Waals surface area contributed by atoms with Crippen LogP contribution < -0.4 is 10.0 Å². The molecule has 1 saturated carbocycles. The van der Waals surface area contributed by atoms with E-state index in [1.165, 1.54) is 10.9 Å². The molecular formula is C18H18ClN5O3S. The van der Waals surface area contributed by atoms with Crippen LogP contribution in [0.3, 0.4) is 0 Å². The number of amides is 1. The van der Waals surface area contributed by atoms with Crippen LogP contribution in [-0.2, 0) is 10.0 Å². The highest BCUT2D eigenvalue weighted by atomic mass is 35.5. The van der Waals surface area contributed by atoms with E-state index in [9.17, 15) is 13.2 Å². The molecule has 1 aromatic carbocycles. The lowest BCUT2D eigenvalue weighted by Crippen LogP contribution is -2.22. The molecule has 28 heavy (non-hydrogen) atoms. The van der Waals surface area contributed by atoms with Gasteiger partial charge in [-0.25, -0.2) is 18.1 Å². The van der Waals surface area contributed by atoms with Gasteiger partial charge in [0.05, 0.1) is 22.5 Å². The Bertz CT molecular complexity index is 1180.